The summed E-state index contributed by atoms with van der Waals surface area (Å²) in [5, 5.41) is 0. The summed E-state index contributed by atoms with van der Waals surface area (Å²) >= 11 is 0. The summed E-state index contributed by atoms with van der Waals surface area (Å²) in [5.41, 5.74) is 3.46. The quantitative estimate of drug-likeness (QED) is 0.678. The fourth-order valence-corrected chi connectivity index (χ4v) is 4.75. The van der Waals surface area contributed by atoms with E-state index in [4.69, 9.17) is 9.47 Å². The van der Waals surface area contributed by atoms with E-state index in [1.807, 2.05) is 24.3 Å². The van der Waals surface area contributed by atoms with E-state index >= 15 is 0 Å². The van der Waals surface area contributed by atoms with Crippen molar-refractivity contribution in [1.29, 1.82) is 0 Å². The Morgan fingerprint density at radius 1 is 1.06 bits per heavy atom. The van der Waals surface area contributed by atoms with Gasteiger partial charge in [-0.25, -0.2) is 4.39 Å². The third-order valence-corrected chi connectivity index (χ3v) is 6.15. The summed E-state index contributed by atoms with van der Waals surface area (Å²) in [7, 11) is 2.93. The highest BCUT2D eigenvalue weighted by atomic mass is 19.1. The number of ketones is 1. The van der Waals surface area contributed by atoms with Gasteiger partial charge in [-0.1, -0.05) is 30.3 Å². The topological polar surface area (TPSA) is 65.0 Å². The van der Waals surface area contributed by atoms with Crippen molar-refractivity contribution in [2.24, 2.45) is 10.9 Å². The molecule has 1 heterocycles. The van der Waals surface area contributed by atoms with Crippen molar-refractivity contribution in [3.05, 3.63) is 76.7 Å². The highest BCUT2D eigenvalue weighted by Crippen LogP contribution is 2.47. The van der Waals surface area contributed by atoms with Gasteiger partial charge in [0, 0.05) is 35.2 Å². The molecule has 0 amide bonds. The van der Waals surface area contributed by atoms with Gasteiger partial charge in [0.15, 0.2) is 5.78 Å². The van der Waals surface area contributed by atoms with Gasteiger partial charge in [0.05, 0.1) is 14.2 Å². The van der Waals surface area contributed by atoms with E-state index < -0.39 is 17.8 Å². The number of carbonyl (C=O) groups excluding carboxylic acids is 2. The third-order valence-electron chi connectivity index (χ3n) is 6.15. The van der Waals surface area contributed by atoms with E-state index in [1.165, 1.54) is 19.2 Å². The largest absolute Gasteiger partial charge is 0.496 e. The molecule has 0 fully saturated rings. The fraction of sp³-hybridized carbons (Fsp3) is 0.320. The highest BCUT2D eigenvalue weighted by Gasteiger charge is 2.44. The van der Waals surface area contributed by atoms with Gasteiger partial charge in [-0.3, -0.25) is 14.6 Å². The third kappa shape index (κ3) is 3.78. The molecule has 0 saturated carbocycles. The summed E-state index contributed by atoms with van der Waals surface area (Å²) < 4.78 is 24.1. The van der Waals surface area contributed by atoms with E-state index in [9.17, 15) is 14.0 Å². The van der Waals surface area contributed by atoms with Crippen LogP contribution in [0.25, 0.3) is 0 Å². The van der Waals surface area contributed by atoms with Crippen molar-refractivity contribution >= 4 is 17.5 Å². The number of nitrogens with zero attached hydrogens (tertiary/aromatic N) is 1. The molecule has 0 saturated heterocycles. The molecule has 2 aliphatic rings. The molecule has 2 aromatic rings. The molecule has 1 aliphatic heterocycles. The Balaban J connectivity index is 1.81. The van der Waals surface area contributed by atoms with Gasteiger partial charge in [0.25, 0.3) is 0 Å². The van der Waals surface area contributed by atoms with Crippen molar-refractivity contribution in [3.63, 3.8) is 0 Å². The lowest BCUT2D eigenvalue weighted by Gasteiger charge is -2.36. The van der Waals surface area contributed by atoms with Gasteiger partial charge in [0.2, 0.25) is 0 Å². The number of ether oxygens (including phenoxy) is 2. The van der Waals surface area contributed by atoms with Gasteiger partial charge in [-0.05, 0) is 42.7 Å². The molecule has 1 aliphatic carbocycles. The van der Waals surface area contributed by atoms with Crippen molar-refractivity contribution in [2.75, 3.05) is 14.2 Å². The number of aliphatic imine (C=N–C) groups is 1. The Morgan fingerprint density at radius 2 is 1.77 bits per heavy atom. The van der Waals surface area contributed by atoms with Crippen LogP contribution >= 0.6 is 0 Å². The number of rotatable bonds is 4. The van der Waals surface area contributed by atoms with Crippen LogP contribution in [-0.4, -0.2) is 31.7 Å². The van der Waals surface area contributed by atoms with Crippen LogP contribution in [0.4, 0.5) is 4.39 Å². The lowest BCUT2D eigenvalue weighted by Crippen LogP contribution is -2.37. The van der Waals surface area contributed by atoms with Crippen LogP contribution in [0.15, 0.2) is 64.8 Å². The maximum absolute atomic E-state index is 13.6. The van der Waals surface area contributed by atoms with Crippen LogP contribution in [0.3, 0.4) is 0 Å². The molecule has 0 bridgehead atoms. The molecule has 160 valence electrons. The number of carbonyl (C=O) groups is 2. The standard InChI is InChI=1S/C25H24FNO4/c1-14-22(25(29)31-3)23(15-8-10-17(26)11-9-15)24-19(27-14)12-16(13-20(24)28)18-6-4-5-7-21(18)30-2/h4-11,16,22-23H,12-13H2,1-3H3/t16-,22?,23+/m1/s1. The van der Waals surface area contributed by atoms with Gasteiger partial charge < -0.3 is 9.47 Å². The molecule has 31 heavy (non-hydrogen) atoms. The van der Waals surface area contributed by atoms with Crippen LogP contribution in [0.1, 0.15) is 42.7 Å². The lowest BCUT2D eigenvalue weighted by molar-refractivity contribution is -0.143. The van der Waals surface area contributed by atoms with Crippen LogP contribution in [0.2, 0.25) is 0 Å². The van der Waals surface area contributed by atoms with Crippen LogP contribution in [-0.2, 0) is 14.3 Å². The number of allylic oxidation sites excluding steroid dienone is 2. The molecular weight excluding hydrogens is 397 g/mol. The maximum Gasteiger partial charge on any atom is 0.315 e. The number of hydrogen-bond donors (Lipinski definition) is 0. The summed E-state index contributed by atoms with van der Waals surface area (Å²) in [5.74, 6) is -1.49. The number of methoxy groups -OCH3 is 2. The first-order chi connectivity index (χ1) is 14.9. The van der Waals surface area contributed by atoms with Crippen LogP contribution < -0.4 is 4.74 Å². The first-order valence-electron chi connectivity index (χ1n) is 10.2. The minimum absolute atomic E-state index is 0.0587. The molecule has 4 rings (SSSR count). The molecule has 1 unspecified atom stereocenters. The lowest BCUT2D eigenvalue weighted by atomic mass is 9.69. The molecule has 3 atom stereocenters. The summed E-state index contributed by atoms with van der Waals surface area (Å²) in [4.78, 5) is 30.8. The average molecular weight is 421 g/mol. The van der Waals surface area contributed by atoms with Crippen LogP contribution in [0, 0.1) is 11.7 Å². The van der Waals surface area contributed by atoms with E-state index in [1.54, 1.807) is 26.2 Å². The van der Waals surface area contributed by atoms with Crippen molar-refractivity contribution in [3.8, 4) is 5.75 Å². The average Bonchev–Trinajstić information content (AvgIpc) is 2.78. The molecule has 0 spiro atoms. The first kappa shape index (κ1) is 21.0. The van der Waals surface area contributed by atoms with E-state index in [2.05, 4.69) is 4.99 Å². The number of halogens is 1. The normalized spacial score (nSPS) is 23.2. The Hall–Kier alpha value is -3.28. The van der Waals surface area contributed by atoms with E-state index in [-0.39, 0.29) is 17.5 Å². The fourth-order valence-electron chi connectivity index (χ4n) is 4.75. The molecular formula is C25H24FNO4. The second-order valence-electron chi connectivity index (χ2n) is 7.91. The molecule has 5 nitrogen and oxygen atoms in total. The number of para-hydroxylation sites is 1. The van der Waals surface area contributed by atoms with Gasteiger partial charge in [0.1, 0.15) is 17.5 Å². The van der Waals surface area contributed by atoms with Crippen molar-refractivity contribution in [1.82, 2.24) is 0 Å². The van der Waals surface area contributed by atoms with E-state index in [0.717, 1.165) is 11.3 Å². The molecule has 0 radical (unpaired) electrons. The van der Waals surface area contributed by atoms with Crippen LogP contribution in [0.5, 0.6) is 5.75 Å². The molecule has 0 aromatic heterocycles. The summed E-state index contributed by atoms with van der Waals surface area (Å²) in [6.45, 7) is 1.78. The monoisotopic (exact) mass is 421 g/mol. The van der Waals surface area contributed by atoms with Gasteiger partial charge >= 0.3 is 5.97 Å². The SMILES string of the molecule is COC(=O)C1C(C)=NC2=C(C(=O)C[C@H](c3ccccc3OC)C2)[C@H]1c1ccc(F)cc1. The Morgan fingerprint density at radius 3 is 2.45 bits per heavy atom. The second-order valence-corrected chi connectivity index (χ2v) is 7.91. The van der Waals surface area contributed by atoms with Crippen molar-refractivity contribution in [2.45, 2.75) is 31.6 Å². The maximum atomic E-state index is 13.6. The first-order valence-corrected chi connectivity index (χ1v) is 10.2. The minimum Gasteiger partial charge on any atom is -0.496 e. The van der Waals surface area contributed by atoms with E-state index in [0.29, 0.717) is 35.4 Å². The number of Topliss-reactive ketones (excluding diaryl/α,β-unsaturated/α-hetero) is 1. The van der Waals surface area contributed by atoms with Gasteiger partial charge in [-0.15, -0.1) is 0 Å². The Labute approximate surface area is 180 Å². The Bertz CT molecular complexity index is 1090. The smallest absolute Gasteiger partial charge is 0.315 e. The number of esters is 1. The summed E-state index contributed by atoms with van der Waals surface area (Å²) in [6, 6.07) is 13.6. The minimum atomic E-state index is -0.721. The van der Waals surface area contributed by atoms with Gasteiger partial charge in [-0.2, -0.15) is 0 Å². The zero-order chi connectivity index (χ0) is 22.1. The number of benzene rings is 2. The summed E-state index contributed by atoms with van der Waals surface area (Å²) in [6.07, 6.45) is 0.851. The highest BCUT2D eigenvalue weighted by molar-refractivity contribution is 6.09. The molecule has 2 aromatic carbocycles. The Kier molecular flexibility index (Phi) is 5.72. The van der Waals surface area contributed by atoms with Crippen molar-refractivity contribution < 1.29 is 23.5 Å². The second kappa shape index (κ2) is 8.46. The predicted octanol–water partition coefficient (Wildman–Crippen LogP) is 4.58. The zero-order valence-corrected chi connectivity index (χ0v) is 17.7. The molecule has 0 N–H and O–H groups in total. The zero-order valence-electron chi connectivity index (χ0n) is 17.7. The molecule has 6 heteroatoms. The predicted molar refractivity (Wildman–Crippen MR) is 115 cm³/mol. The number of hydrogen-bond acceptors (Lipinski definition) is 5.